The molecule has 0 bridgehead atoms. The number of benzene rings is 1. The van der Waals surface area contributed by atoms with Gasteiger partial charge >= 0.3 is 0 Å². The van der Waals surface area contributed by atoms with Crippen molar-refractivity contribution < 1.29 is 4.79 Å². The molecule has 1 fully saturated rings. The summed E-state index contributed by atoms with van der Waals surface area (Å²) in [7, 11) is 0. The first-order valence-corrected chi connectivity index (χ1v) is 7.40. The smallest absolute Gasteiger partial charge is 0.239 e. The van der Waals surface area contributed by atoms with Crippen molar-refractivity contribution in [1.29, 1.82) is 0 Å². The highest BCUT2D eigenvalue weighted by Gasteiger charge is 2.24. The molecule has 0 aromatic heterocycles. The van der Waals surface area contributed by atoms with Gasteiger partial charge in [0.15, 0.2) is 0 Å². The Morgan fingerprint density at radius 1 is 1.23 bits per heavy atom. The lowest BCUT2D eigenvalue weighted by molar-refractivity contribution is -0.132. The fraction of sp³-hybridized carbons (Fsp3) is 0.562. The molecule has 126 valence electrons. The molecule has 1 saturated heterocycles. The van der Waals surface area contributed by atoms with Crippen molar-refractivity contribution in [3.05, 3.63) is 35.9 Å². The quantitative estimate of drug-likeness (QED) is 0.912. The maximum atomic E-state index is 12.0. The molecule has 4 nitrogen and oxygen atoms in total. The second-order valence-corrected chi connectivity index (χ2v) is 5.71. The van der Waals surface area contributed by atoms with Crippen LogP contribution in [0.3, 0.4) is 0 Å². The van der Waals surface area contributed by atoms with Crippen LogP contribution in [-0.2, 0) is 11.3 Å². The van der Waals surface area contributed by atoms with Crippen LogP contribution >= 0.6 is 24.8 Å². The van der Waals surface area contributed by atoms with Crippen LogP contribution in [0.4, 0.5) is 0 Å². The molecule has 0 aliphatic carbocycles. The highest BCUT2D eigenvalue weighted by molar-refractivity contribution is 5.85. The van der Waals surface area contributed by atoms with E-state index in [1.165, 1.54) is 5.56 Å². The third kappa shape index (κ3) is 5.76. The maximum absolute atomic E-state index is 12.0. The second kappa shape index (κ2) is 10.1. The van der Waals surface area contributed by atoms with Gasteiger partial charge in [0.25, 0.3) is 0 Å². The van der Waals surface area contributed by atoms with E-state index in [4.69, 9.17) is 5.73 Å². The molecule has 1 heterocycles. The van der Waals surface area contributed by atoms with Crippen LogP contribution in [0.2, 0.25) is 0 Å². The molecule has 22 heavy (non-hydrogen) atoms. The van der Waals surface area contributed by atoms with Crippen molar-refractivity contribution in [3.63, 3.8) is 0 Å². The molecule has 1 amide bonds. The number of hydrogen-bond donors (Lipinski definition) is 1. The molecule has 2 N–H and O–H groups in total. The number of nitrogens with zero attached hydrogens (tertiary/aromatic N) is 2. The SMILES string of the molecule is CC1CCN(C(=O)[C@@H](C)N)CCN1Cc1ccccc1.Cl.Cl. The van der Waals surface area contributed by atoms with Crippen molar-refractivity contribution in [2.45, 2.75) is 38.9 Å². The van der Waals surface area contributed by atoms with Gasteiger partial charge in [0.2, 0.25) is 5.91 Å². The summed E-state index contributed by atoms with van der Waals surface area (Å²) in [5.41, 5.74) is 7.03. The Labute approximate surface area is 145 Å². The number of rotatable bonds is 3. The molecule has 0 radical (unpaired) electrons. The molecule has 2 atom stereocenters. The van der Waals surface area contributed by atoms with E-state index < -0.39 is 6.04 Å². The van der Waals surface area contributed by atoms with Gasteiger partial charge in [0.1, 0.15) is 0 Å². The molecule has 1 aromatic carbocycles. The normalized spacial score (nSPS) is 20.3. The first-order valence-electron chi connectivity index (χ1n) is 7.40. The predicted molar refractivity (Wildman–Crippen MR) is 95.7 cm³/mol. The molecule has 1 aromatic rings. The third-order valence-electron chi connectivity index (χ3n) is 4.03. The fourth-order valence-electron chi connectivity index (χ4n) is 2.67. The summed E-state index contributed by atoms with van der Waals surface area (Å²) in [4.78, 5) is 16.4. The monoisotopic (exact) mass is 347 g/mol. The average molecular weight is 348 g/mol. The van der Waals surface area contributed by atoms with E-state index in [-0.39, 0.29) is 30.7 Å². The van der Waals surface area contributed by atoms with Crippen molar-refractivity contribution in [2.75, 3.05) is 19.6 Å². The Morgan fingerprint density at radius 2 is 1.86 bits per heavy atom. The Hall–Kier alpha value is -0.810. The number of nitrogens with two attached hydrogens (primary N) is 1. The van der Waals surface area contributed by atoms with Crippen LogP contribution < -0.4 is 5.73 Å². The van der Waals surface area contributed by atoms with Crippen molar-refractivity contribution in [2.24, 2.45) is 5.73 Å². The Morgan fingerprint density at radius 3 is 2.45 bits per heavy atom. The summed E-state index contributed by atoms with van der Waals surface area (Å²) in [5.74, 6) is 0.0683. The second-order valence-electron chi connectivity index (χ2n) is 5.71. The van der Waals surface area contributed by atoms with Crippen LogP contribution in [0.25, 0.3) is 0 Å². The van der Waals surface area contributed by atoms with Gasteiger partial charge in [-0.25, -0.2) is 0 Å². The Balaban J connectivity index is 0.00000220. The predicted octanol–water partition coefficient (Wildman–Crippen LogP) is 2.30. The van der Waals surface area contributed by atoms with Gasteiger partial charge in [-0.2, -0.15) is 0 Å². The summed E-state index contributed by atoms with van der Waals surface area (Å²) in [5, 5.41) is 0. The third-order valence-corrected chi connectivity index (χ3v) is 4.03. The number of halogens is 2. The highest BCUT2D eigenvalue weighted by atomic mass is 35.5. The van der Waals surface area contributed by atoms with Gasteiger partial charge in [-0.3, -0.25) is 9.69 Å². The molecular formula is C16H27Cl2N3O. The molecule has 0 saturated carbocycles. The zero-order valence-corrected chi connectivity index (χ0v) is 14.9. The van der Waals surface area contributed by atoms with Gasteiger partial charge in [0, 0.05) is 32.2 Å². The van der Waals surface area contributed by atoms with E-state index in [9.17, 15) is 4.79 Å². The first-order chi connectivity index (χ1) is 9.58. The van der Waals surface area contributed by atoms with Gasteiger partial charge in [0.05, 0.1) is 6.04 Å². The average Bonchev–Trinajstić information content (AvgIpc) is 2.62. The number of carbonyl (C=O) groups is 1. The molecule has 1 aliphatic heterocycles. The standard InChI is InChI=1S/C16H25N3O.2ClH/c1-13-8-9-18(16(20)14(2)17)10-11-19(13)12-15-6-4-3-5-7-15;;/h3-7,13-14H,8-12,17H2,1-2H3;2*1H/t13?,14-;;/m1../s1. The van der Waals surface area contributed by atoms with Gasteiger partial charge in [-0.05, 0) is 25.8 Å². The zero-order chi connectivity index (χ0) is 14.5. The minimum atomic E-state index is -0.397. The summed E-state index contributed by atoms with van der Waals surface area (Å²) >= 11 is 0. The fourth-order valence-corrected chi connectivity index (χ4v) is 2.67. The van der Waals surface area contributed by atoms with Crippen LogP contribution in [0.5, 0.6) is 0 Å². The molecule has 1 aliphatic rings. The highest BCUT2D eigenvalue weighted by Crippen LogP contribution is 2.15. The summed E-state index contributed by atoms with van der Waals surface area (Å²) < 4.78 is 0. The van der Waals surface area contributed by atoms with E-state index in [2.05, 4.69) is 36.1 Å². The maximum Gasteiger partial charge on any atom is 0.239 e. The van der Waals surface area contributed by atoms with E-state index in [1.807, 2.05) is 11.0 Å². The Kier molecular flexibility index (Phi) is 9.69. The molecular weight excluding hydrogens is 321 g/mol. The van der Waals surface area contributed by atoms with Crippen LogP contribution in [0.1, 0.15) is 25.8 Å². The first kappa shape index (κ1) is 21.2. The van der Waals surface area contributed by atoms with Crippen molar-refractivity contribution in [3.8, 4) is 0 Å². The van der Waals surface area contributed by atoms with Gasteiger partial charge in [-0.15, -0.1) is 24.8 Å². The largest absolute Gasteiger partial charge is 0.340 e. The lowest BCUT2D eigenvalue weighted by atomic mass is 10.1. The lowest BCUT2D eigenvalue weighted by Crippen LogP contribution is -2.43. The van der Waals surface area contributed by atoms with Crippen molar-refractivity contribution >= 4 is 30.7 Å². The van der Waals surface area contributed by atoms with Gasteiger partial charge in [-0.1, -0.05) is 30.3 Å². The molecule has 6 heteroatoms. The Bertz CT molecular complexity index is 442. The minimum absolute atomic E-state index is 0. The lowest BCUT2D eigenvalue weighted by Gasteiger charge is -2.26. The van der Waals surface area contributed by atoms with Crippen LogP contribution in [0.15, 0.2) is 30.3 Å². The van der Waals surface area contributed by atoms with E-state index in [1.54, 1.807) is 6.92 Å². The molecule has 1 unspecified atom stereocenters. The van der Waals surface area contributed by atoms with Gasteiger partial charge < -0.3 is 10.6 Å². The minimum Gasteiger partial charge on any atom is -0.340 e. The summed E-state index contributed by atoms with van der Waals surface area (Å²) in [6.45, 7) is 7.45. The van der Waals surface area contributed by atoms with E-state index in [0.29, 0.717) is 6.04 Å². The van der Waals surface area contributed by atoms with E-state index >= 15 is 0 Å². The van der Waals surface area contributed by atoms with Crippen LogP contribution in [0, 0.1) is 0 Å². The molecule has 0 spiro atoms. The number of amides is 1. The van der Waals surface area contributed by atoms with Crippen molar-refractivity contribution in [1.82, 2.24) is 9.80 Å². The summed E-state index contributed by atoms with van der Waals surface area (Å²) in [6, 6.07) is 10.6. The molecule has 2 rings (SSSR count). The number of carbonyl (C=O) groups excluding carboxylic acids is 1. The van der Waals surface area contributed by atoms with Crippen LogP contribution in [-0.4, -0.2) is 47.4 Å². The summed E-state index contributed by atoms with van der Waals surface area (Å²) in [6.07, 6.45) is 1.01. The number of hydrogen-bond acceptors (Lipinski definition) is 3. The topological polar surface area (TPSA) is 49.6 Å². The zero-order valence-electron chi connectivity index (χ0n) is 13.3. The van der Waals surface area contributed by atoms with E-state index in [0.717, 1.165) is 32.6 Å².